The van der Waals surface area contributed by atoms with Crippen LogP contribution in [0.2, 0.25) is 0 Å². The zero-order valence-corrected chi connectivity index (χ0v) is 15.5. The Balaban J connectivity index is 1.98. The zero-order valence-electron chi connectivity index (χ0n) is 15.5. The Morgan fingerprint density at radius 2 is 2.08 bits per heavy atom. The minimum atomic E-state index is 0.00916. The number of Topliss-reactive ketones (excluding diaryl/α,β-unsaturated/α-hetero) is 1. The Hall–Kier alpha value is -1.36. The molecule has 2 amide bonds. The number of ketones is 1. The molecule has 1 aliphatic carbocycles. The molecule has 0 bridgehead atoms. The molecule has 1 aliphatic heterocycles. The Bertz CT molecular complexity index is 477. The van der Waals surface area contributed by atoms with Crippen molar-refractivity contribution in [2.24, 2.45) is 5.92 Å². The van der Waals surface area contributed by atoms with E-state index in [1.54, 1.807) is 4.90 Å². The Morgan fingerprint density at radius 3 is 2.75 bits per heavy atom. The fourth-order valence-electron chi connectivity index (χ4n) is 4.01. The lowest BCUT2D eigenvalue weighted by molar-refractivity contribution is -0.119. The van der Waals surface area contributed by atoms with Crippen molar-refractivity contribution in [1.29, 1.82) is 0 Å². The van der Waals surface area contributed by atoms with Crippen molar-refractivity contribution in [2.45, 2.75) is 64.5 Å². The van der Waals surface area contributed by atoms with Crippen LogP contribution in [0, 0.1) is 5.92 Å². The quantitative estimate of drug-likeness (QED) is 0.760. The standard InChI is InChI=1S/C19H33N3O2/c1-5-7-9-21(4)19(24)20-16-11-15-12-18(23)14(3)10-17(15)22(13-16)8-6-2/h15-17H,3,5-13H2,1-2,4H3,(H,20,24)/t15-,16+,17-/m1/s1. The molecule has 1 heterocycles. The third-order valence-electron chi connectivity index (χ3n) is 5.38. The van der Waals surface area contributed by atoms with Gasteiger partial charge in [0, 0.05) is 38.6 Å². The first-order valence-electron chi connectivity index (χ1n) is 9.42. The molecule has 0 aromatic carbocycles. The monoisotopic (exact) mass is 335 g/mol. The van der Waals surface area contributed by atoms with Gasteiger partial charge in [-0.25, -0.2) is 4.79 Å². The molecule has 1 saturated carbocycles. The van der Waals surface area contributed by atoms with Gasteiger partial charge in [-0.1, -0.05) is 26.8 Å². The van der Waals surface area contributed by atoms with Crippen LogP contribution in [0.3, 0.4) is 0 Å². The summed E-state index contributed by atoms with van der Waals surface area (Å²) in [4.78, 5) is 28.7. The first-order valence-corrected chi connectivity index (χ1v) is 9.42. The van der Waals surface area contributed by atoms with Crippen LogP contribution in [0.25, 0.3) is 0 Å². The third-order valence-corrected chi connectivity index (χ3v) is 5.38. The number of carbonyl (C=O) groups excluding carboxylic acids is 2. The van der Waals surface area contributed by atoms with Gasteiger partial charge < -0.3 is 10.2 Å². The largest absolute Gasteiger partial charge is 0.334 e. The number of carbonyl (C=O) groups is 2. The highest BCUT2D eigenvalue weighted by Gasteiger charge is 2.41. The number of unbranched alkanes of at least 4 members (excludes halogenated alkanes) is 1. The average Bonchev–Trinajstić information content (AvgIpc) is 2.54. The van der Waals surface area contributed by atoms with Crippen LogP contribution in [0.5, 0.6) is 0 Å². The summed E-state index contributed by atoms with van der Waals surface area (Å²) in [7, 11) is 1.86. The van der Waals surface area contributed by atoms with E-state index >= 15 is 0 Å². The maximum absolute atomic E-state index is 12.4. The average molecular weight is 335 g/mol. The number of fused-ring (bicyclic) bond motifs is 1. The maximum Gasteiger partial charge on any atom is 0.317 e. The summed E-state index contributed by atoms with van der Waals surface area (Å²) < 4.78 is 0. The summed E-state index contributed by atoms with van der Waals surface area (Å²) in [5.74, 6) is 0.550. The summed E-state index contributed by atoms with van der Waals surface area (Å²) in [6.07, 6.45) is 5.47. The number of rotatable bonds is 6. The number of hydrogen-bond acceptors (Lipinski definition) is 3. The lowest BCUT2D eigenvalue weighted by atomic mass is 9.74. The first kappa shape index (κ1) is 19.0. The van der Waals surface area contributed by atoms with Gasteiger partial charge in [-0.2, -0.15) is 0 Å². The summed E-state index contributed by atoms with van der Waals surface area (Å²) >= 11 is 0. The molecule has 0 spiro atoms. The number of likely N-dealkylation sites (tertiary alicyclic amines) is 1. The fourth-order valence-corrected chi connectivity index (χ4v) is 4.01. The second-order valence-electron chi connectivity index (χ2n) is 7.41. The fraction of sp³-hybridized carbons (Fsp3) is 0.789. The summed E-state index contributed by atoms with van der Waals surface area (Å²) in [5.41, 5.74) is 0.777. The molecule has 0 aromatic heterocycles. The molecular formula is C19H33N3O2. The van der Waals surface area contributed by atoms with E-state index in [9.17, 15) is 9.59 Å². The zero-order chi connectivity index (χ0) is 17.7. The minimum Gasteiger partial charge on any atom is -0.334 e. The highest BCUT2D eigenvalue weighted by atomic mass is 16.2. The maximum atomic E-state index is 12.4. The molecule has 1 saturated heterocycles. The molecule has 136 valence electrons. The second kappa shape index (κ2) is 8.65. The topological polar surface area (TPSA) is 52.7 Å². The number of amides is 2. The molecule has 5 heteroatoms. The Labute approximate surface area is 146 Å². The van der Waals surface area contributed by atoms with E-state index < -0.39 is 0 Å². The molecule has 1 N–H and O–H groups in total. The van der Waals surface area contributed by atoms with Crippen molar-refractivity contribution in [1.82, 2.24) is 15.1 Å². The lowest BCUT2D eigenvalue weighted by Gasteiger charge is -2.47. The van der Waals surface area contributed by atoms with Crippen LogP contribution in [0.15, 0.2) is 12.2 Å². The van der Waals surface area contributed by atoms with Crippen molar-refractivity contribution in [3.63, 3.8) is 0 Å². The van der Waals surface area contributed by atoms with E-state index in [0.717, 1.165) is 57.3 Å². The van der Waals surface area contributed by atoms with Crippen LogP contribution in [0.1, 0.15) is 52.4 Å². The number of nitrogens with zero attached hydrogens (tertiary/aromatic N) is 2. The van der Waals surface area contributed by atoms with E-state index in [2.05, 4.69) is 30.6 Å². The third kappa shape index (κ3) is 4.59. The van der Waals surface area contributed by atoms with Gasteiger partial charge in [0.1, 0.15) is 0 Å². The molecule has 3 atom stereocenters. The molecular weight excluding hydrogens is 302 g/mol. The molecule has 24 heavy (non-hydrogen) atoms. The van der Waals surface area contributed by atoms with Gasteiger partial charge >= 0.3 is 6.03 Å². The van der Waals surface area contributed by atoms with Gasteiger partial charge in [0.25, 0.3) is 0 Å². The smallest absolute Gasteiger partial charge is 0.317 e. The SMILES string of the molecule is C=C1C[C@@H]2[C@@H](CC1=O)C[C@H](NC(=O)N(C)CCCC)CN2CCC. The van der Waals surface area contributed by atoms with Crippen molar-refractivity contribution >= 4 is 11.8 Å². The van der Waals surface area contributed by atoms with E-state index in [0.29, 0.717) is 18.4 Å². The second-order valence-corrected chi connectivity index (χ2v) is 7.41. The summed E-state index contributed by atoms with van der Waals surface area (Å²) in [5, 5.41) is 3.19. The predicted octanol–water partition coefficient (Wildman–Crippen LogP) is 2.82. The highest BCUT2D eigenvalue weighted by molar-refractivity contribution is 5.95. The number of hydrogen-bond donors (Lipinski definition) is 1. The van der Waals surface area contributed by atoms with Crippen LogP contribution in [-0.2, 0) is 4.79 Å². The number of piperidine rings is 1. The lowest BCUT2D eigenvalue weighted by Crippen LogP contribution is -2.58. The van der Waals surface area contributed by atoms with Crippen molar-refractivity contribution in [3.05, 3.63) is 12.2 Å². The van der Waals surface area contributed by atoms with Crippen LogP contribution >= 0.6 is 0 Å². The highest BCUT2D eigenvalue weighted by Crippen LogP contribution is 2.35. The molecule has 0 aromatic rings. The van der Waals surface area contributed by atoms with E-state index in [4.69, 9.17) is 0 Å². The molecule has 0 radical (unpaired) electrons. The number of urea groups is 1. The van der Waals surface area contributed by atoms with Gasteiger partial charge in [0.2, 0.25) is 0 Å². The van der Waals surface area contributed by atoms with Gasteiger partial charge in [0.05, 0.1) is 0 Å². The predicted molar refractivity (Wildman–Crippen MR) is 97.0 cm³/mol. The van der Waals surface area contributed by atoms with Crippen molar-refractivity contribution in [3.8, 4) is 0 Å². The van der Waals surface area contributed by atoms with Crippen molar-refractivity contribution in [2.75, 3.05) is 26.7 Å². The number of nitrogens with one attached hydrogen (secondary N) is 1. The molecule has 0 unspecified atom stereocenters. The summed E-state index contributed by atoms with van der Waals surface area (Å²) in [6, 6.07) is 0.560. The van der Waals surface area contributed by atoms with E-state index in [-0.39, 0.29) is 17.9 Å². The Kier molecular flexibility index (Phi) is 6.84. The van der Waals surface area contributed by atoms with E-state index in [1.165, 1.54) is 0 Å². The minimum absolute atomic E-state index is 0.00916. The van der Waals surface area contributed by atoms with Gasteiger partial charge in [-0.15, -0.1) is 0 Å². The summed E-state index contributed by atoms with van der Waals surface area (Å²) in [6.45, 7) is 10.9. The van der Waals surface area contributed by atoms with Crippen molar-refractivity contribution < 1.29 is 9.59 Å². The molecule has 5 nitrogen and oxygen atoms in total. The Morgan fingerprint density at radius 1 is 1.33 bits per heavy atom. The van der Waals surface area contributed by atoms with Crippen LogP contribution in [0.4, 0.5) is 4.79 Å². The normalized spacial score (nSPS) is 27.7. The molecule has 2 rings (SSSR count). The van der Waals surface area contributed by atoms with Gasteiger partial charge in [0.15, 0.2) is 5.78 Å². The first-order chi connectivity index (χ1) is 11.5. The van der Waals surface area contributed by atoms with E-state index in [1.807, 2.05) is 7.05 Å². The van der Waals surface area contributed by atoms with Gasteiger partial charge in [-0.05, 0) is 43.7 Å². The van der Waals surface area contributed by atoms with Crippen LogP contribution < -0.4 is 5.32 Å². The van der Waals surface area contributed by atoms with Gasteiger partial charge in [-0.3, -0.25) is 9.69 Å². The molecule has 2 aliphatic rings. The van der Waals surface area contributed by atoms with Crippen LogP contribution in [-0.4, -0.2) is 60.4 Å². The molecule has 2 fully saturated rings.